The van der Waals surface area contributed by atoms with Crippen LogP contribution in [0.3, 0.4) is 0 Å². The van der Waals surface area contributed by atoms with Crippen LogP contribution < -0.4 is 0 Å². The molecule has 7 saturated carbocycles. The van der Waals surface area contributed by atoms with Gasteiger partial charge < -0.3 is 0 Å². The normalized spacial score (nSPS) is 85.7. The highest BCUT2D eigenvalue weighted by atomic mass is 15.1. The Morgan fingerprint density at radius 1 is 1.06 bits per heavy atom. The molecule has 7 aliphatic rings. The molecule has 0 aromatic rings. The van der Waals surface area contributed by atoms with Crippen molar-refractivity contribution in [1.29, 1.82) is 0 Å². The van der Waals surface area contributed by atoms with Gasteiger partial charge in [0.25, 0.3) is 0 Å². The Morgan fingerprint density at radius 3 is 2.56 bits per heavy atom. The van der Waals surface area contributed by atoms with Gasteiger partial charge in [0.1, 0.15) is 0 Å². The third-order valence-corrected chi connectivity index (χ3v) is 9.82. The second kappa shape index (κ2) is 1.97. The third-order valence-electron chi connectivity index (χ3n) is 9.82. The average molecular weight is 240 g/mol. The van der Waals surface area contributed by atoms with Gasteiger partial charge in [-0.15, -0.1) is 0 Å². The van der Waals surface area contributed by atoms with Gasteiger partial charge >= 0.3 is 0 Å². The van der Waals surface area contributed by atoms with Crippen molar-refractivity contribution in [3.63, 3.8) is 0 Å². The van der Waals surface area contributed by atoms with Crippen LogP contribution in [0.15, 0.2) is 0 Å². The van der Waals surface area contributed by atoms with Gasteiger partial charge in [-0.3, -0.25) is 0 Å². The number of rotatable bonds is 3. The van der Waals surface area contributed by atoms with E-state index in [0.717, 1.165) is 16.2 Å². The summed E-state index contributed by atoms with van der Waals surface area (Å²) in [5.41, 5.74) is 2.93. The Kier molecular flexibility index (Phi) is 0.988. The van der Waals surface area contributed by atoms with Crippen LogP contribution in [-0.4, -0.2) is 0 Å². The van der Waals surface area contributed by atoms with E-state index < -0.39 is 0 Å². The first kappa shape index (κ1) is 9.03. The van der Waals surface area contributed by atoms with Crippen molar-refractivity contribution in [3.8, 4) is 0 Å². The van der Waals surface area contributed by atoms with E-state index in [1.54, 1.807) is 25.7 Å². The molecule has 7 rings (SSSR count). The maximum absolute atomic E-state index is 2.64. The highest BCUT2D eigenvalue weighted by Crippen LogP contribution is 3.13. The number of hydrogen-bond donors (Lipinski definition) is 0. The highest BCUT2D eigenvalue weighted by Gasteiger charge is 3.09. The van der Waals surface area contributed by atoms with E-state index in [4.69, 9.17) is 0 Å². The molecule has 18 heavy (non-hydrogen) atoms. The summed E-state index contributed by atoms with van der Waals surface area (Å²) in [6.07, 6.45) is 7.93. The predicted molar refractivity (Wildman–Crippen MR) is 69.7 cm³/mol. The fourth-order valence-corrected chi connectivity index (χ4v) is 9.19. The molecule has 0 radical (unpaired) electrons. The molecule has 7 fully saturated rings. The smallest absolute Gasteiger partial charge is 0.0141 e. The summed E-state index contributed by atoms with van der Waals surface area (Å²) in [6.45, 7) is 5.02. The summed E-state index contributed by atoms with van der Waals surface area (Å²) < 4.78 is 0. The molecule has 7 aliphatic carbocycles. The predicted octanol–water partition coefficient (Wildman–Crippen LogP) is 3.96. The zero-order chi connectivity index (χ0) is 11.7. The van der Waals surface area contributed by atoms with Crippen molar-refractivity contribution in [1.82, 2.24) is 0 Å². The number of hydrogen-bond acceptors (Lipinski definition) is 0. The number of fused-ring (bicyclic) bond motifs is 3. The van der Waals surface area contributed by atoms with E-state index in [2.05, 4.69) is 13.8 Å². The van der Waals surface area contributed by atoms with Gasteiger partial charge in [0, 0.05) is 0 Å². The maximum atomic E-state index is 2.64. The molecule has 11 atom stereocenters. The Hall–Kier alpha value is 0. The zero-order valence-electron chi connectivity index (χ0n) is 11.7. The molecular formula is C18H24. The van der Waals surface area contributed by atoms with Crippen molar-refractivity contribution in [2.75, 3.05) is 0 Å². The van der Waals surface area contributed by atoms with Gasteiger partial charge in [0.2, 0.25) is 0 Å². The van der Waals surface area contributed by atoms with Crippen LogP contribution in [0.5, 0.6) is 0 Å². The molecule has 0 heterocycles. The monoisotopic (exact) mass is 240 g/mol. The molecule has 0 heteroatoms. The van der Waals surface area contributed by atoms with Crippen LogP contribution in [0, 0.1) is 63.6 Å². The molecular weight excluding hydrogens is 216 g/mol. The molecule has 0 aliphatic heterocycles. The van der Waals surface area contributed by atoms with E-state index in [1.165, 1.54) is 53.8 Å². The van der Waals surface area contributed by atoms with Crippen molar-refractivity contribution in [2.45, 2.75) is 46.0 Å². The summed E-state index contributed by atoms with van der Waals surface area (Å²) in [5, 5.41) is 0. The standard InChI is InChI=1S/C18H24/c1-3-4-8-5-9(8)13-15-14-10-6-11(17(13,14)15)18(10)12-7-16(12,18)2/h8-15H,3-7H2,1-2H3. The molecule has 0 N–H and O–H groups in total. The van der Waals surface area contributed by atoms with Crippen molar-refractivity contribution < 1.29 is 0 Å². The Bertz CT molecular complexity index is 522. The fraction of sp³-hybridized carbons (Fsp3) is 1.00. The molecule has 0 saturated heterocycles. The first-order valence-corrected chi connectivity index (χ1v) is 8.74. The van der Waals surface area contributed by atoms with Gasteiger partial charge in [0.05, 0.1) is 0 Å². The van der Waals surface area contributed by atoms with Gasteiger partial charge in [-0.2, -0.15) is 0 Å². The average Bonchev–Trinajstić information content (AvgIpc) is 3.07. The minimum absolute atomic E-state index is 0.910. The minimum atomic E-state index is 0.910. The zero-order valence-corrected chi connectivity index (χ0v) is 11.7. The highest BCUT2D eigenvalue weighted by molar-refractivity contribution is 5.56. The van der Waals surface area contributed by atoms with Crippen LogP contribution >= 0.6 is 0 Å². The summed E-state index contributed by atoms with van der Waals surface area (Å²) in [7, 11) is 0. The largest absolute Gasteiger partial charge is 0.0654 e. The van der Waals surface area contributed by atoms with Crippen molar-refractivity contribution >= 4 is 0 Å². The lowest BCUT2D eigenvalue weighted by Gasteiger charge is -2.47. The van der Waals surface area contributed by atoms with E-state index >= 15 is 0 Å². The van der Waals surface area contributed by atoms with Gasteiger partial charge in [-0.1, -0.05) is 26.7 Å². The quantitative estimate of drug-likeness (QED) is 0.700. The lowest BCUT2D eigenvalue weighted by molar-refractivity contribution is 0.00100. The Morgan fingerprint density at radius 2 is 1.89 bits per heavy atom. The van der Waals surface area contributed by atoms with E-state index in [9.17, 15) is 0 Å². The lowest BCUT2D eigenvalue weighted by atomic mass is 9.57. The molecule has 96 valence electrons. The Labute approximate surface area is 110 Å². The van der Waals surface area contributed by atoms with Gasteiger partial charge in [0.15, 0.2) is 0 Å². The second-order valence-electron chi connectivity index (χ2n) is 9.53. The van der Waals surface area contributed by atoms with Gasteiger partial charge in [-0.05, 0) is 82.9 Å². The molecule has 0 nitrogen and oxygen atoms in total. The van der Waals surface area contributed by atoms with Crippen LogP contribution in [-0.2, 0) is 0 Å². The molecule has 0 aromatic heterocycles. The van der Waals surface area contributed by atoms with E-state index in [0.29, 0.717) is 0 Å². The van der Waals surface area contributed by atoms with E-state index in [-0.39, 0.29) is 0 Å². The SMILES string of the molecule is CCCC1CC1C1C2C3C4CC(C123)C41C2CC21C. The Balaban J connectivity index is 1.20. The van der Waals surface area contributed by atoms with Gasteiger partial charge in [-0.25, -0.2) is 0 Å². The maximum Gasteiger partial charge on any atom is -0.0141 e. The molecule has 11 unspecified atom stereocenters. The van der Waals surface area contributed by atoms with Crippen LogP contribution in [0.1, 0.15) is 46.0 Å². The first-order chi connectivity index (χ1) is 8.74. The van der Waals surface area contributed by atoms with Crippen molar-refractivity contribution in [3.05, 3.63) is 0 Å². The molecule has 0 aromatic carbocycles. The topological polar surface area (TPSA) is 0 Å². The summed E-state index contributed by atoms with van der Waals surface area (Å²) in [5.74, 6) is 10.0. The molecule has 0 amide bonds. The van der Waals surface area contributed by atoms with Crippen molar-refractivity contribution in [2.24, 2.45) is 63.6 Å². The molecule has 2 bridgehead atoms. The summed E-state index contributed by atoms with van der Waals surface area (Å²) >= 11 is 0. The third kappa shape index (κ3) is 0.523. The fourth-order valence-electron chi connectivity index (χ4n) is 9.19. The summed E-state index contributed by atoms with van der Waals surface area (Å²) in [6, 6.07) is 0. The lowest BCUT2D eigenvalue weighted by Crippen LogP contribution is -2.42. The first-order valence-electron chi connectivity index (χ1n) is 8.74. The van der Waals surface area contributed by atoms with Crippen LogP contribution in [0.25, 0.3) is 0 Å². The molecule has 2 spiro atoms. The van der Waals surface area contributed by atoms with E-state index in [1.807, 2.05) is 0 Å². The second-order valence-corrected chi connectivity index (χ2v) is 9.53. The minimum Gasteiger partial charge on any atom is -0.0654 e. The van der Waals surface area contributed by atoms with Crippen LogP contribution in [0.4, 0.5) is 0 Å². The van der Waals surface area contributed by atoms with Crippen LogP contribution in [0.2, 0.25) is 0 Å². The summed E-state index contributed by atoms with van der Waals surface area (Å²) in [4.78, 5) is 0.